The van der Waals surface area contributed by atoms with Crippen LogP contribution in [0.3, 0.4) is 0 Å². The molecule has 0 radical (unpaired) electrons. The lowest BCUT2D eigenvalue weighted by Gasteiger charge is -2.29. The first-order valence-corrected chi connectivity index (χ1v) is 8.29. The predicted molar refractivity (Wildman–Crippen MR) is 111 cm³/mol. The van der Waals surface area contributed by atoms with E-state index in [1.54, 1.807) is 6.07 Å². The van der Waals surface area contributed by atoms with Crippen LogP contribution in [0.1, 0.15) is 17.2 Å². The third-order valence-electron chi connectivity index (χ3n) is 4.25. The van der Waals surface area contributed by atoms with E-state index in [2.05, 4.69) is 5.32 Å². The molecular formula is C19H24Cl2FN3O2. The lowest BCUT2D eigenvalue weighted by molar-refractivity contribution is -0.117. The van der Waals surface area contributed by atoms with Crippen LogP contribution in [-0.2, 0) is 9.53 Å². The summed E-state index contributed by atoms with van der Waals surface area (Å²) in [5.41, 5.74) is 8.95. The Morgan fingerprint density at radius 2 is 1.78 bits per heavy atom. The number of benzene rings is 2. The Balaban J connectivity index is 0.00000182. The number of nitrogens with two attached hydrogens (primary N) is 1. The van der Waals surface area contributed by atoms with Crippen LogP contribution in [0, 0.1) is 12.7 Å². The van der Waals surface area contributed by atoms with Gasteiger partial charge in [-0.2, -0.15) is 0 Å². The van der Waals surface area contributed by atoms with Gasteiger partial charge in [0, 0.05) is 24.5 Å². The molecule has 5 nitrogen and oxygen atoms in total. The normalized spacial score (nSPS) is 14.6. The summed E-state index contributed by atoms with van der Waals surface area (Å²) in [6.07, 6.45) is 0. The van der Waals surface area contributed by atoms with E-state index in [1.807, 2.05) is 36.1 Å². The molecule has 148 valence electrons. The SMILES string of the molecule is Cc1ccc(C(N)C(=O)Nc2cc(F)cc(N3CCOCC3)c2)cc1.Cl.Cl. The Hall–Kier alpha value is -1.86. The molecule has 8 heteroatoms. The largest absolute Gasteiger partial charge is 0.378 e. The molecule has 1 heterocycles. The highest BCUT2D eigenvalue weighted by molar-refractivity contribution is 5.95. The molecule has 2 aromatic rings. The molecule has 0 aliphatic carbocycles. The molecule has 0 saturated carbocycles. The van der Waals surface area contributed by atoms with E-state index in [0.717, 1.165) is 11.3 Å². The number of amides is 1. The number of carbonyl (C=O) groups excluding carboxylic acids is 1. The summed E-state index contributed by atoms with van der Waals surface area (Å²) < 4.78 is 19.3. The molecule has 2 aromatic carbocycles. The van der Waals surface area contributed by atoms with Crippen molar-refractivity contribution in [2.24, 2.45) is 5.73 Å². The molecule has 1 atom stereocenters. The Bertz CT molecular complexity index is 753. The van der Waals surface area contributed by atoms with E-state index in [0.29, 0.717) is 37.6 Å². The second-order valence-electron chi connectivity index (χ2n) is 6.18. The van der Waals surface area contributed by atoms with Gasteiger partial charge in [-0.3, -0.25) is 4.79 Å². The molecule has 0 spiro atoms. The van der Waals surface area contributed by atoms with Crippen molar-refractivity contribution in [3.05, 3.63) is 59.4 Å². The maximum absolute atomic E-state index is 14.0. The lowest BCUT2D eigenvalue weighted by Crippen LogP contribution is -2.36. The average Bonchev–Trinajstić information content (AvgIpc) is 2.62. The topological polar surface area (TPSA) is 67.6 Å². The van der Waals surface area contributed by atoms with Crippen LogP contribution in [0.15, 0.2) is 42.5 Å². The summed E-state index contributed by atoms with van der Waals surface area (Å²) in [6.45, 7) is 4.57. The minimum Gasteiger partial charge on any atom is -0.378 e. The summed E-state index contributed by atoms with van der Waals surface area (Å²) in [5.74, 6) is -0.773. The minimum atomic E-state index is -0.810. The van der Waals surface area contributed by atoms with Crippen molar-refractivity contribution in [2.75, 3.05) is 36.5 Å². The molecule has 1 aliphatic heterocycles. The van der Waals surface area contributed by atoms with Crippen molar-refractivity contribution in [1.82, 2.24) is 0 Å². The number of hydrogen-bond acceptors (Lipinski definition) is 4. The van der Waals surface area contributed by atoms with E-state index in [-0.39, 0.29) is 30.7 Å². The van der Waals surface area contributed by atoms with Crippen LogP contribution < -0.4 is 16.0 Å². The number of aryl methyl sites for hydroxylation is 1. The summed E-state index contributed by atoms with van der Waals surface area (Å²) in [6, 6.07) is 11.2. The van der Waals surface area contributed by atoms with Gasteiger partial charge in [-0.05, 0) is 30.7 Å². The minimum absolute atomic E-state index is 0. The summed E-state index contributed by atoms with van der Waals surface area (Å²) in [5, 5.41) is 2.71. The van der Waals surface area contributed by atoms with Crippen molar-refractivity contribution in [1.29, 1.82) is 0 Å². The van der Waals surface area contributed by atoms with Gasteiger partial charge in [0.25, 0.3) is 0 Å². The van der Waals surface area contributed by atoms with Gasteiger partial charge in [-0.15, -0.1) is 24.8 Å². The summed E-state index contributed by atoms with van der Waals surface area (Å²) in [4.78, 5) is 14.4. The highest BCUT2D eigenvalue weighted by atomic mass is 35.5. The molecule has 1 fully saturated rings. The molecule has 0 bridgehead atoms. The number of morpholine rings is 1. The molecule has 1 unspecified atom stereocenters. The molecule has 1 aliphatic rings. The smallest absolute Gasteiger partial charge is 0.245 e. The Labute approximate surface area is 170 Å². The predicted octanol–water partition coefficient (Wildman–Crippen LogP) is 3.45. The van der Waals surface area contributed by atoms with E-state index in [4.69, 9.17) is 10.5 Å². The molecular weight excluding hydrogens is 392 g/mol. The van der Waals surface area contributed by atoms with Gasteiger partial charge in [0.15, 0.2) is 0 Å². The number of halogens is 3. The Morgan fingerprint density at radius 3 is 2.41 bits per heavy atom. The van der Waals surface area contributed by atoms with Crippen molar-refractivity contribution >= 4 is 42.1 Å². The zero-order valence-corrected chi connectivity index (χ0v) is 16.6. The molecule has 1 amide bonds. The fourth-order valence-corrected chi connectivity index (χ4v) is 2.80. The number of anilines is 2. The lowest BCUT2D eigenvalue weighted by atomic mass is 10.1. The van der Waals surface area contributed by atoms with Gasteiger partial charge >= 0.3 is 0 Å². The quantitative estimate of drug-likeness (QED) is 0.801. The van der Waals surface area contributed by atoms with Gasteiger partial charge in [0.2, 0.25) is 5.91 Å². The van der Waals surface area contributed by atoms with Crippen LogP contribution in [0.2, 0.25) is 0 Å². The van der Waals surface area contributed by atoms with E-state index in [9.17, 15) is 9.18 Å². The van der Waals surface area contributed by atoms with Gasteiger partial charge < -0.3 is 20.7 Å². The second-order valence-corrected chi connectivity index (χ2v) is 6.18. The Morgan fingerprint density at radius 1 is 1.15 bits per heavy atom. The average molecular weight is 416 g/mol. The molecule has 3 rings (SSSR count). The summed E-state index contributed by atoms with van der Waals surface area (Å²) >= 11 is 0. The monoisotopic (exact) mass is 415 g/mol. The van der Waals surface area contributed by atoms with E-state index in [1.165, 1.54) is 12.1 Å². The van der Waals surface area contributed by atoms with Crippen molar-refractivity contribution < 1.29 is 13.9 Å². The number of nitrogens with one attached hydrogen (secondary N) is 1. The van der Waals surface area contributed by atoms with Gasteiger partial charge in [-0.25, -0.2) is 4.39 Å². The second kappa shape index (κ2) is 10.5. The van der Waals surface area contributed by atoms with Crippen LogP contribution in [0.25, 0.3) is 0 Å². The molecule has 1 saturated heterocycles. The van der Waals surface area contributed by atoms with Crippen molar-refractivity contribution in [3.8, 4) is 0 Å². The highest BCUT2D eigenvalue weighted by Gasteiger charge is 2.18. The maximum Gasteiger partial charge on any atom is 0.245 e. The third kappa shape index (κ3) is 6.07. The maximum atomic E-state index is 14.0. The van der Waals surface area contributed by atoms with Gasteiger partial charge in [-0.1, -0.05) is 29.8 Å². The van der Waals surface area contributed by atoms with Crippen LogP contribution in [0.4, 0.5) is 15.8 Å². The Kier molecular flexibility index (Phi) is 8.99. The van der Waals surface area contributed by atoms with Gasteiger partial charge in [0.05, 0.1) is 13.2 Å². The van der Waals surface area contributed by atoms with Gasteiger partial charge in [0.1, 0.15) is 11.9 Å². The number of hydrogen-bond donors (Lipinski definition) is 2. The molecule has 3 N–H and O–H groups in total. The number of rotatable bonds is 4. The fraction of sp³-hybridized carbons (Fsp3) is 0.316. The van der Waals surface area contributed by atoms with Crippen molar-refractivity contribution in [2.45, 2.75) is 13.0 Å². The molecule has 0 aromatic heterocycles. The first-order chi connectivity index (χ1) is 12.0. The summed E-state index contributed by atoms with van der Waals surface area (Å²) in [7, 11) is 0. The fourth-order valence-electron chi connectivity index (χ4n) is 2.80. The van der Waals surface area contributed by atoms with E-state index < -0.39 is 11.9 Å². The number of carbonyl (C=O) groups is 1. The van der Waals surface area contributed by atoms with Crippen LogP contribution in [-0.4, -0.2) is 32.2 Å². The van der Waals surface area contributed by atoms with E-state index >= 15 is 0 Å². The van der Waals surface area contributed by atoms with Crippen LogP contribution in [0.5, 0.6) is 0 Å². The standard InChI is InChI=1S/C19H22FN3O2.2ClH/c1-13-2-4-14(5-3-13)18(21)19(24)22-16-10-15(20)11-17(12-16)23-6-8-25-9-7-23;;/h2-5,10-12,18H,6-9,21H2,1H3,(H,22,24);2*1H. The number of nitrogens with zero attached hydrogens (tertiary/aromatic N) is 1. The van der Waals surface area contributed by atoms with Crippen molar-refractivity contribution in [3.63, 3.8) is 0 Å². The third-order valence-corrected chi connectivity index (χ3v) is 4.25. The molecule has 27 heavy (non-hydrogen) atoms. The number of ether oxygens (including phenoxy) is 1. The highest BCUT2D eigenvalue weighted by Crippen LogP contribution is 2.24. The first-order valence-electron chi connectivity index (χ1n) is 8.29. The zero-order valence-electron chi connectivity index (χ0n) is 15.0. The first kappa shape index (κ1) is 23.2. The van der Waals surface area contributed by atoms with Crippen LogP contribution >= 0.6 is 24.8 Å². The zero-order chi connectivity index (χ0) is 17.8.